The van der Waals surface area contributed by atoms with Gasteiger partial charge in [-0.05, 0) is 7.05 Å². The predicted molar refractivity (Wildman–Crippen MR) is 73.5 cm³/mol. The average molecular weight is 295 g/mol. The summed E-state index contributed by atoms with van der Waals surface area (Å²) in [6, 6.07) is 0.355. The van der Waals surface area contributed by atoms with Gasteiger partial charge in [-0.3, -0.25) is 4.90 Å². The highest BCUT2D eigenvalue weighted by Gasteiger charge is 2.31. The van der Waals surface area contributed by atoms with Gasteiger partial charge in [0.05, 0.1) is 6.10 Å². The Morgan fingerprint density at radius 1 is 1.00 bits per heavy atom. The first-order valence-electron chi connectivity index (χ1n) is 5.09. The number of aliphatic hydroxyl groups excluding tert-OH is 1. The van der Waals surface area contributed by atoms with Crippen molar-refractivity contribution in [1.82, 2.24) is 15.1 Å². The maximum Gasteiger partial charge on any atom is 0.0831 e. The number of likely N-dealkylation sites (N-methyl/N-ethyl adjacent to an activating group) is 1. The van der Waals surface area contributed by atoms with Gasteiger partial charge in [0.25, 0.3) is 0 Å². The molecular formula is C9H22Cl3N3O. The molecule has 7 heteroatoms. The van der Waals surface area contributed by atoms with Crippen LogP contribution in [0.1, 0.15) is 0 Å². The van der Waals surface area contributed by atoms with Gasteiger partial charge in [-0.25, -0.2) is 0 Å². The summed E-state index contributed by atoms with van der Waals surface area (Å²) >= 11 is 0. The zero-order valence-electron chi connectivity index (χ0n) is 9.46. The van der Waals surface area contributed by atoms with Crippen LogP contribution in [0.2, 0.25) is 0 Å². The summed E-state index contributed by atoms with van der Waals surface area (Å²) in [7, 11) is 2.15. The number of nitrogens with one attached hydrogen (secondary N) is 1. The molecule has 16 heavy (non-hydrogen) atoms. The van der Waals surface area contributed by atoms with E-state index in [2.05, 4.69) is 22.2 Å². The lowest BCUT2D eigenvalue weighted by atomic mass is 10.1. The van der Waals surface area contributed by atoms with Gasteiger partial charge in [0.1, 0.15) is 0 Å². The number of nitrogens with zero attached hydrogens (tertiary/aromatic N) is 2. The van der Waals surface area contributed by atoms with E-state index in [9.17, 15) is 5.11 Å². The zero-order valence-corrected chi connectivity index (χ0v) is 11.9. The highest BCUT2D eigenvalue weighted by Crippen LogP contribution is 2.11. The van der Waals surface area contributed by atoms with Crippen LogP contribution in [-0.4, -0.2) is 73.4 Å². The molecule has 0 saturated carbocycles. The van der Waals surface area contributed by atoms with Crippen LogP contribution in [-0.2, 0) is 0 Å². The van der Waals surface area contributed by atoms with Gasteiger partial charge in [-0.2, -0.15) is 0 Å². The lowest BCUT2D eigenvalue weighted by molar-refractivity contribution is 0.0512. The van der Waals surface area contributed by atoms with Crippen molar-refractivity contribution in [2.24, 2.45) is 0 Å². The van der Waals surface area contributed by atoms with Gasteiger partial charge >= 0.3 is 0 Å². The van der Waals surface area contributed by atoms with Crippen LogP contribution in [0, 0.1) is 0 Å². The van der Waals surface area contributed by atoms with Crippen molar-refractivity contribution < 1.29 is 5.11 Å². The first-order chi connectivity index (χ1) is 6.27. The summed E-state index contributed by atoms with van der Waals surface area (Å²) in [5.41, 5.74) is 0. The minimum Gasteiger partial charge on any atom is -0.390 e. The summed E-state index contributed by atoms with van der Waals surface area (Å²) in [4.78, 5) is 4.75. The van der Waals surface area contributed by atoms with Gasteiger partial charge in [0.2, 0.25) is 0 Å². The van der Waals surface area contributed by atoms with Crippen LogP contribution in [0.25, 0.3) is 0 Å². The smallest absolute Gasteiger partial charge is 0.0831 e. The highest BCUT2D eigenvalue weighted by molar-refractivity contribution is 5.86. The fourth-order valence-corrected chi connectivity index (χ4v) is 2.18. The van der Waals surface area contributed by atoms with Gasteiger partial charge in [0.15, 0.2) is 0 Å². The normalized spacial score (nSPS) is 31.1. The Morgan fingerprint density at radius 2 is 1.56 bits per heavy atom. The second kappa shape index (κ2) is 8.75. The molecular weight excluding hydrogens is 272 g/mol. The molecule has 0 radical (unpaired) electrons. The minimum absolute atomic E-state index is 0. The largest absolute Gasteiger partial charge is 0.390 e. The number of hydrogen-bond acceptors (Lipinski definition) is 4. The second-order valence-corrected chi connectivity index (χ2v) is 4.13. The molecule has 2 saturated heterocycles. The predicted octanol–water partition coefficient (Wildman–Crippen LogP) is -0.168. The van der Waals surface area contributed by atoms with Crippen molar-refractivity contribution >= 4 is 37.2 Å². The first kappa shape index (κ1) is 19.1. The molecule has 2 rings (SSSR count). The minimum atomic E-state index is -0.164. The molecule has 0 aromatic rings. The van der Waals surface area contributed by atoms with Crippen LogP contribution < -0.4 is 5.32 Å². The number of aliphatic hydroxyl groups is 1. The van der Waals surface area contributed by atoms with Gasteiger partial charge in [-0.15, -0.1) is 37.2 Å². The molecule has 2 N–H and O–H groups in total. The molecule has 0 aromatic carbocycles. The van der Waals surface area contributed by atoms with E-state index in [0.717, 1.165) is 39.3 Å². The molecule has 2 aliphatic heterocycles. The molecule has 2 atom stereocenters. The Kier molecular flexibility index (Phi) is 10.4. The molecule has 4 nitrogen and oxygen atoms in total. The molecule has 100 valence electrons. The number of β-amino-alcohol motifs (C(OH)–C–C–N with tert-alkyl or cyclic N) is 1. The molecule has 2 heterocycles. The standard InChI is InChI=1S/C9H19N3O.3ClH/c1-11-2-4-12(5-3-11)8-6-10-7-9(8)13;;;/h8-10,13H,2-7H2,1H3;3*1H. The lowest BCUT2D eigenvalue weighted by Gasteiger charge is -2.37. The third-order valence-electron chi connectivity index (χ3n) is 3.16. The van der Waals surface area contributed by atoms with Crippen LogP contribution >= 0.6 is 37.2 Å². The summed E-state index contributed by atoms with van der Waals surface area (Å²) in [6.07, 6.45) is -0.164. The van der Waals surface area contributed by atoms with Gasteiger partial charge in [0, 0.05) is 45.3 Å². The molecule has 0 amide bonds. The highest BCUT2D eigenvalue weighted by atomic mass is 35.5. The van der Waals surface area contributed by atoms with E-state index in [1.807, 2.05) is 0 Å². The van der Waals surface area contributed by atoms with Crippen molar-refractivity contribution in [1.29, 1.82) is 0 Å². The number of rotatable bonds is 1. The average Bonchev–Trinajstić information content (AvgIpc) is 2.53. The van der Waals surface area contributed by atoms with E-state index in [1.54, 1.807) is 0 Å². The third kappa shape index (κ3) is 4.53. The summed E-state index contributed by atoms with van der Waals surface area (Å²) in [5.74, 6) is 0. The molecule has 0 aliphatic carbocycles. The van der Waals surface area contributed by atoms with E-state index >= 15 is 0 Å². The van der Waals surface area contributed by atoms with Gasteiger partial charge in [-0.1, -0.05) is 0 Å². The van der Waals surface area contributed by atoms with E-state index in [4.69, 9.17) is 0 Å². The third-order valence-corrected chi connectivity index (χ3v) is 3.16. The summed E-state index contributed by atoms with van der Waals surface area (Å²) in [6.45, 7) is 6.16. The molecule has 0 spiro atoms. The maximum atomic E-state index is 9.69. The van der Waals surface area contributed by atoms with Crippen LogP contribution in [0.3, 0.4) is 0 Å². The van der Waals surface area contributed by atoms with Crippen LogP contribution in [0.4, 0.5) is 0 Å². The SMILES string of the molecule is CN1CCN(C2CNCC2O)CC1.Cl.Cl.Cl. The Bertz CT molecular complexity index is 179. The molecule has 0 bridgehead atoms. The van der Waals surface area contributed by atoms with Crippen LogP contribution in [0.15, 0.2) is 0 Å². The summed E-state index contributed by atoms with van der Waals surface area (Å²) in [5, 5.41) is 12.9. The van der Waals surface area contributed by atoms with Crippen molar-refractivity contribution in [2.45, 2.75) is 12.1 Å². The monoisotopic (exact) mass is 293 g/mol. The van der Waals surface area contributed by atoms with E-state index < -0.39 is 0 Å². The zero-order chi connectivity index (χ0) is 9.26. The fourth-order valence-electron chi connectivity index (χ4n) is 2.18. The Labute approximate surface area is 116 Å². The molecule has 2 unspecified atom stereocenters. The molecule has 0 aromatic heterocycles. The first-order valence-corrected chi connectivity index (χ1v) is 5.09. The van der Waals surface area contributed by atoms with Crippen molar-refractivity contribution in [3.05, 3.63) is 0 Å². The molecule has 2 fully saturated rings. The second-order valence-electron chi connectivity index (χ2n) is 4.13. The maximum absolute atomic E-state index is 9.69. The lowest BCUT2D eigenvalue weighted by Crippen LogP contribution is -2.52. The fraction of sp³-hybridized carbons (Fsp3) is 1.00. The topological polar surface area (TPSA) is 38.7 Å². The number of hydrogen-bond donors (Lipinski definition) is 2. The van der Waals surface area contributed by atoms with Crippen molar-refractivity contribution in [3.63, 3.8) is 0 Å². The Morgan fingerprint density at radius 3 is 2.00 bits per heavy atom. The van der Waals surface area contributed by atoms with Crippen molar-refractivity contribution in [2.75, 3.05) is 46.3 Å². The van der Waals surface area contributed by atoms with E-state index in [1.165, 1.54) is 0 Å². The summed E-state index contributed by atoms with van der Waals surface area (Å²) < 4.78 is 0. The number of piperazine rings is 1. The number of halogens is 3. The van der Waals surface area contributed by atoms with Gasteiger partial charge < -0.3 is 15.3 Å². The Balaban J connectivity index is 0. The Hall–Kier alpha value is 0.710. The quantitative estimate of drug-likeness (QED) is 0.704. The van der Waals surface area contributed by atoms with Crippen LogP contribution in [0.5, 0.6) is 0 Å². The molecule has 2 aliphatic rings. The van der Waals surface area contributed by atoms with Crippen molar-refractivity contribution in [3.8, 4) is 0 Å². The van der Waals surface area contributed by atoms with E-state index in [0.29, 0.717) is 6.04 Å². The van der Waals surface area contributed by atoms with E-state index in [-0.39, 0.29) is 43.3 Å².